The molecule has 23 heavy (non-hydrogen) atoms. The van der Waals surface area contributed by atoms with Gasteiger partial charge >= 0.3 is 6.01 Å². The fourth-order valence-electron chi connectivity index (χ4n) is 1.86. The van der Waals surface area contributed by atoms with E-state index in [1.54, 1.807) is 12.1 Å². The van der Waals surface area contributed by atoms with Crippen molar-refractivity contribution in [2.24, 2.45) is 0 Å². The molecule has 8 heteroatoms. The average Bonchev–Trinajstić information content (AvgIpc) is 2.55. The Bertz CT molecular complexity index is 760. The van der Waals surface area contributed by atoms with Gasteiger partial charge in [-0.1, -0.05) is 17.7 Å². The third-order valence-electron chi connectivity index (χ3n) is 3.10. The maximum atomic E-state index is 12.1. The molecule has 2 aromatic rings. The van der Waals surface area contributed by atoms with Crippen molar-refractivity contribution in [1.29, 1.82) is 0 Å². The molecular weight excluding hydrogens is 320 g/mol. The quantitative estimate of drug-likeness (QED) is 0.711. The van der Waals surface area contributed by atoms with E-state index in [2.05, 4.69) is 9.97 Å². The van der Waals surface area contributed by atoms with Crippen LogP contribution in [0.1, 0.15) is 11.1 Å². The highest BCUT2D eigenvalue weighted by Crippen LogP contribution is 2.19. The third kappa shape index (κ3) is 4.40. The largest absolute Gasteiger partial charge is 0.481 e. The lowest BCUT2D eigenvalue weighted by Gasteiger charge is -2.09. The van der Waals surface area contributed by atoms with Crippen LogP contribution in [-0.2, 0) is 20.7 Å². The van der Waals surface area contributed by atoms with Crippen molar-refractivity contribution in [1.82, 2.24) is 9.97 Å². The van der Waals surface area contributed by atoms with Crippen molar-refractivity contribution in [3.05, 3.63) is 41.6 Å². The molecule has 1 aromatic heterocycles. The van der Waals surface area contributed by atoms with Crippen molar-refractivity contribution in [2.45, 2.75) is 18.2 Å². The summed E-state index contributed by atoms with van der Waals surface area (Å²) in [7, 11) is -0.868. The molecule has 1 heterocycles. The second-order valence-electron chi connectivity index (χ2n) is 4.73. The average molecular weight is 338 g/mol. The summed E-state index contributed by atoms with van der Waals surface area (Å²) in [6.45, 7) is 1.84. The molecule has 0 amide bonds. The number of hydrogen-bond acceptors (Lipinski definition) is 7. The Kier molecular flexibility index (Phi) is 5.51. The number of benzene rings is 1. The molecule has 0 bridgehead atoms. The summed E-state index contributed by atoms with van der Waals surface area (Å²) in [5.41, 5.74) is 1.61. The molecule has 124 valence electrons. The zero-order chi connectivity index (χ0) is 16.9. The second kappa shape index (κ2) is 7.38. The van der Waals surface area contributed by atoms with E-state index in [9.17, 15) is 8.42 Å². The zero-order valence-corrected chi connectivity index (χ0v) is 14.0. The predicted octanol–water partition coefficient (Wildman–Crippen LogP) is 1.75. The van der Waals surface area contributed by atoms with Gasteiger partial charge in [-0.2, -0.15) is 13.4 Å². The highest BCUT2D eigenvalue weighted by Gasteiger charge is 2.16. The van der Waals surface area contributed by atoms with Gasteiger partial charge in [-0.15, -0.1) is 0 Å². The van der Waals surface area contributed by atoms with Crippen molar-refractivity contribution < 1.29 is 22.1 Å². The van der Waals surface area contributed by atoms with Gasteiger partial charge in [0, 0.05) is 18.2 Å². The van der Waals surface area contributed by atoms with Crippen LogP contribution in [0.4, 0.5) is 0 Å². The lowest BCUT2D eigenvalue weighted by molar-refractivity contribution is 0.314. The third-order valence-corrected chi connectivity index (χ3v) is 4.42. The van der Waals surface area contributed by atoms with E-state index in [4.69, 9.17) is 13.7 Å². The summed E-state index contributed by atoms with van der Waals surface area (Å²) < 4.78 is 39.3. The number of ether oxygens (including phenoxy) is 2. The van der Waals surface area contributed by atoms with Gasteiger partial charge < -0.3 is 9.47 Å². The minimum absolute atomic E-state index is 0.0394. The molecule has 0 aliphatic heterocycles. The molecule has 0 atom stereocenters. The molecular formula is C15H18N2O5S. The summed E-state index contributed by atoms with van der Waals surface area (Å²) >= 11 is 0. The van der Waals surface area contributed by atoms with Gasteiger partial charge in [0.1, 0.15) is 0 Å². The van der Waals surface area contributed by atoms with Crippen LogP contribution in [0, 0.1) is 6.92 Å². The van der Waals surface area contributed by atoms with Gasteiger partial charge in [0.2, 0.25) is 5.88 Å². The molecule has 0 aliphatic carbocycles. The molecule has 1 aromatic carbocycles. The fourth-order valence-corrected chi connectivity index (χ4v) is 2.77. The fraction of sp³-hybridized carbons (Fsp3) is 0.333. The maximum absolute atomic E-state index is 12.1. The summed E-state index contributed by atoms with van der Waals surface area (Å²) in [6, 6.07) is 6.65. The van der Waals surface area contributed by atoms with Crippen molar-refractivity contribution in [3.63, 3.8) is 0 Å². The van der Waals surface area contributed by atoms with Crippen LogP contribution in [0.2, 0.25) is 0 Å². The zero-order valence-electron chi connectivity index (χ0n) is 13.1. The summed E-state index contributed by atoms with van der Waals surface area (Å²) in [6.07, 6.45) is 1.81. The highest BCUT2D eigenvalue weighted by molar-refractivity contribution is 7.86. The number of rotatable bonds is 7. The smallest absolute Gasteiger partial charge is 0.319 e. The molecule has 0 N–H and O–H groups in total. The van der Waals surface area contributed by atoms with Gasteiger partial charge in [0.15, 0.2) is 0 Å². The second-order valence-corrected chi connectivity index (χ2v) is 6.35. The summed E-state index contributed by atoms with van der Waals surface area (Å²) in [4.78, 5) is 8.13. The SMILES string of the molecule is COc1ncc(CCOS(=O)(=O)c2ccc(C)cc2)c(OC)n1. The predicted molar refractivity (Wildman–Crippen MR) is 83.2 cm³/mol. The van der Waals surface area contributed by atoms with Crippen molar-refractivity contribution in [2.75, 3.05) is 20.8 Å². The summed E-state index contributed by atoms with van der Waals surface area (Å²) in [5, 5.41) is 0. The Morgan fingerprint density at radius 1 is 1.09 bits per heavy atom. The minimum atomic E-state index is -3.79. The molecule has 7 nitrogen and oxygen atoms in total. The van der Waals surface area contributed by atoms with Gasteiger partial charge in [-0.05, 0) is 19.1 Å². The number of nitrogens with zero attached hydrogens (tertiary/aromatic N) is 2. The van der Waals surface area contributed by atoms with E-state index < -0.39 is 10.1 Å². The van der Waals surface area contributed by atoms with E-state index in [-0.39, 0.29) is 23.9 Å². The first-order chi connectivity index (χ1) is 11.0. The minimum Gasteiger partial charge on any atom is -0.481 e. The van der Waals surface area contributed by atoms with Gasteiger partial charge in [-0.25, -0.2) is 4.98 Å². The van der Waals surface area contributed by atoms with E-state index >= 15 is 0 Å². The monoisotopic (exact) mass is 338 g/mol. The van der Waals surface area contributed by atoms with Gasteiger partial charge in [0.25, 0.3) is 10.1 Å². The van der Waals surface area contributed by atoms with Gasteiger partial charge in [-0.3, -0.25) is 4.18 Å². The van der Waals surface area contributed by atoms with E-state index in [1.807, 2.05) is 6.92 Å². The summed E-state index contributed by atoms with van der Waals surface area (Å²) in [5.74, 6) is 0.327. The highest BCUT2D eigenvalue weighted by atomic mass is 32.2. The first-order valence-electron chi connectivity index (χ1n) is 6.86. The number of methoxy groups -OCH3 is 2. The molecule has 2 rings (SSSR count). The van der Waals surface area contributed by atoms with Crippen molar-refractivity contribution in [3.8, 4) is 11.9 Å². The van der Waals surface area contributed by atoms with E-state index in [0.29, 0.717) is 11.4 Å². The standard InChI is InChI=1S/C15H18N2O5S/c1-11-4-6-13(7-5-11)23(18,19)22-9-8-12-10-16-15(21-3)17-14(12)20-2/h4-7,10H,8-9H2,1-3H3. The Hall–Kier alpha value is -2.19. The van der Waals surface area contributed by atoms with E-state index in [0.717, 1.165) is 5.56 Å². The molecule has 0 spiro atoms. The first-order valence-corrected chi connectivity index (χ1v) is 8.27. The van der Waals surface area contributed by atoms with Crippen LogP contribution < -0.4 is 9.47 Å². The Morgan fingerprint density at radius 3 is 2.39 bits per heavy atom. The molecule has 0 saturated carbocycles. The Labute approximate surface area is 135 Å². The molecule has 0 unspecified atom stereocenters. The van der Waals surface area contributed by atoms with E-state index in [1.165, 1.54) is 32.5 Å². The first kappa shape index (κ1) is 17.2. The lowest BCUT2D eigenvalue weighted by Crippen LogP contribution is -2.10. The van der Waals surface area contributed by atoms with Crippen LogP contribution >= 0.6 is 0 Å². The van der Waals surface area contributed by atoms with Crippen molar-refractivity contribution >= 4 is 10.1 Å². The number of aryl methyl sites for hydroxylation is 1. The van der Waals surface area contributed by atoms with Gasteiger partial charge in [0.05, 0.1) is 25.7 Å². The van der Waals surface area contributed by atoms with Crippen LogP contribution in [0.3, 0.4) is 0 Å². The van der Waals surface area contributed by atoms with Crippen LogP contribution in [-0.4, -0.2) is 39.2 Å². The molecule has 0 saturated heterocycles. The number of aromatic nitrogens is 2. The molecule has 0 radical (unpaired) electrons. The topological polar surface area (TPSA) is 87.6 Å². The van der Waals surface area contributed by atoms with Crippen LogP contribution in [0.15, 0.2) is 35.4 Å². The normalized spacial score (nSPS) is 11.3. The molecule has 0 fully saturated rings. The Morgan fingerprint density at radius 2 is 1.78 bits per heavy atom. The van der Waals surface area contributed by atoms with Crippen LogP contribution in [0.5, 0.6) is 11.9 Å². The van der Waals surface area contributed by atoms with Crippen LogP contribution in [0.25, 0.3) is 0 Å². The lowest BCUT2D eigenvalue weighted by atomic mass is 10.2. The maximum Gasteiger partial charge on any atom is 0.319 e. The Balaban J connectivity index is 2.03. The molecule has 0 aliphatic rings. The number of hydrogen-bond donors (Lipinski definition) is 0.